The molecule has 1 rings (SSSR count). The molecule has 0 unspecified atom stereocenters. The van der Waals surface area contributed by atoms with Crippen molar-refractivity contribution in [1.29, 1.82) is 0 Å². The van der Waals surface area contributed by atoms with E-state index < -0.39 is 0 Å². The van der Waals surface area contributed by atoms with Crippen molar-refractivity contribution in [2.75, 3.05) is 26.7 Å². The molecule has 1 aromatic rings. The Labute approximate surface area is 92.5 Å². The number of unbranched alkanes of at least 4 members (excludes halogenated alkanes) is 1. The number of hydrogen-bond donors (Lipinski definition) is 1. The lowest BCUT2D eigenvalue weighted by atomic mass is 10.3. The molecule has 0 atom stereocenters. The van der Waals surface area contributed by atoms with E-state index in [4.69, 9.17) is 4.42 Å². The highest BCUT2D eigenvalue weighted by molar-refractivity contribution is 5.04. The molecule has 0 aromatic carbocycles. The highest BCUT2D eigenvalue weighted by Crippen LogP contribution is 2.02. The lowest BCUT2D eigenvalue weighted by Gasteiger charge is -2.15. The largest absolute Gasteiger partial charge is 0.472 e. The van der Waals surface area contributed by atoms with E-state index in [0.29, 0.717) is 0 Å². The Morgan fingerprint density at radius 1 is 1.40 bits per heavy atom. The summed E-state index contributed by atoms with van der Waals surface area (Å²) in [4.78, 5) is 2.30. The lowest BCUT2D eigenvalue weighted by Crippen LogP contribution is -2.29. The highest BCUT2D eigenvalue weighted by Gasteiger charge is 2.00. The Balaban J connectivity index is 2.01. The fraction of sp³-hybridized carbons (Fsp3) is 0.667. The zero-order chi connectivity index (χ0) is 10.9. The molecule has 0 spiro atoms. The Morgan fingerprint density at radius 3 is 2.93 bits per heavy atom. The van der Waals surface area contributed by atoms with Crippen LogP contribution in [-0.2, 0) is 6.54 Å². The van der Waals surface area contributed by atoms with Crippen molar-refractivity contribution in [2.24, 2.45) is 0 Å². The Kier molecular flexibility index (Phi) is 6.12. The van der Waals surface area contributed by atoms with Gasteiger partial charge in [0.1, 0.15) is 0 Å². The van der Waals surface area contributed by atoms with Gasteiger partial charge >= 0.3 is 0 Å². The van der Waals surface area contributed by atoms with Gasteiger partial charge in [-0.05, 0) is 26.1 Å². The average Bonchev–Trinajstić information content (AvgIpc) is 2.70. The minimum absolute atomic E-state index is 0.964. The molecule has 0 aliphatic carbocycles. The van der Waals surface area contributed by atoms with Gasteiger partial charge in [-0.25, -0.2) is 0 Å². The summed E-state index contributed by atoms with van der Waals surface area (Å²) in [6.45, 7) is 6.46. The van der Waals surface area contributed by atoms with E-state index in [1.807, 2.05) is 6.07 Å². The molecule has 0 fully saturated rings. The average molecular weight is 210 g/mol. The number of nitrogens with one attached hydrogen (secondary N) is 1. The first-order valence-corrected chi connectivity index (χ1v) is 5.73. The van der Waals surface area contributed by atoms with Crippen molar-refractivity contribution in [3.05, 3.63) is 24.2 Å². The van der Waals surface area contributed by atoms with Gasteiger partial charge in [-0.2, -0.15) is 0 Å². The molecule has 1 aromatic heterocycles. The van der Waals surface area contributed by atoms with Gasteiger partial charge in [-0.3, -0.25) is 0 Å². The van der Waals surface area contributed by atoms with Crippen molar-refractivity contribution in [3.8, 4) is 0 Å². The molecular weight excluding hydrogens is 188 g/mol. The monoisotopic (exact) mass is 210 g/mol. The van der Waals surface area contributed by atoms with Crippen molar-refractivity contribution in [3.63, 3.8) is 0 Å². The quantitative estimate of drug-likeness (QED) is 0.666. The fourth-order valence-electron chi connectivity index (χ4n) is 1.47. The second-order valence-corrected chi connectivity index (χ2v) is 3.97. The molecule has 1 N–H and O–H groups in total. The highest BCUT2D eigenvalue weighted by atomic mass is 16.3. The zero-order valence-corrected chi connectivity index (χ0v) is 9.83. The summed E-state index contributed by atoms with van der Waals surface area (Å²) in [5, 5.41) is 3.43. The molecule has 0 aliphatic heterocycles. The minimum atomic E-state index is 0.964. The maximum absolute atomic E-state index is 5.03. The van der Waals surface area contributed by atoms with Crippen LogP contribution in [0, 0.1) is 0 Å². The van der Waals surface area contributed by atoms with Crippen LogP contribution in [0.1, 0.15) is 25.3 Å². The number of rotatable bonds is 8. The summed E-state index contributed by atoms with van der Waals surface area (Å²) in [7, 11) is 2.13. The smallest absolute Gasteiger partial charge is 0.0947 e. The van der Waals surface area contributed by atoms with Crippen LogP contribution in [0.15, 0.2) is 23.0 Å². The van der Waals surface area contributed by atoms with E-state index in [1.54, 1.807) is 12.5 Å². The van der Waals surface area contributed by atoms with Crippen LogP contribution in [0.4, 0.5) is 0 Å². The van der Waals surface area contributed by atoms with Gasteiger partial charge in [-0.1, -0.05) is 13.3 Å². The molecule has 1 heterocycles. The summed E-state index contributed by atoms with van der Waals surface area (Å²) >= 11 is 0. The summed E-state index contributed by atoms with van der Waals surface area (Å²) in [5.74, 6) is 0. The fourth-order valence-corrected chi connectivity index (χ4v) is 1.47. The third kappa shape index (κ3) is 5.60. The predicted molar refractivity (Wildman–Crippen MR) is 62.8 cm³/mol. The van der Waals surface area contributed by atoms with Gasteiger partial charge in [-0.15, -0.1) is 0 Å². The molecule has 0 radical (unpaired) electrons. The van der Waals surface area contributed by atoms with E-state index in [1.165, 1.54) is 18.4 Å². The Bertz CT molecular complexity index is 234. The van der Waals surface area contributed by atoms with Crippen LogP contribution in [0.25, 0.3) is 0 Å². The molecule has 0 bridgehead atoms. The lowest BCUT2D eigenvalue weighted by molar-refractivity contribution is 0.323. The van der Waals surface area contributed by atoms with Crippen LogP contribution in [0.3, 0.4) is 0 Å². The Hall–Kier alpha value is -0.800. The molecule has 0 saturated heterocycles. The third-order valence-electron chi connectivity index (χ3n) is 2.41. The first-order chi connectivity index (χ1) is 7.33. The SMILES string of the molecule is CCCCNCCN(C)Cc1ccoc1. The Morgan fingerprint density at radius 2 is 2.27 bits per heavy atom. The van der Waals surface area contributed by atoms with Gasteiger partial charge in [0, 0.05) is 25.2 Å². The topological polar surface area (TPSA) is 28.4 Å². The predicted octanol–water partition coefficient (Wildman–Crippen LogP) is 2.10. The van der Waals surface area contributed by atoms with Crippen molar-refractivity contribution in [1.82, 2.24) is 10.2 Å². The maximum Gasteiger partial charge on any atom is 0.0947 e. The standard InChI is InChI=1S/C12H22N2O/c1-3-4-6-13-7-8-14(2)10-12-5-9-15-11-12/h5,9,11,13H,3-4,6-8,10H2,1-2H3. The van der Waals surface area contributed by atoms with Crippen LogP contribution < -0.4 is 5.32 Å². The van der Waals surface area contributed by atoms with Gasteiger partial charge in [0.05, 0.1) is 12.5 Å². The van der Waals surface area contributed by atoms with E-state index >= 15 is 0 Å². The molecule has 3 nitrogen and oxygen atoms in total. The number of hydrogen-bond acceptors (Lipinski definition) is 3. The minimum Gasteiger partial charge on any atom is -0.472 e. The van der Waals surface area contributed by atoms with Gasteiger partial charge < -0.3 is 14.6 Å². The normalized spacial score (nSPS) is 11.1. The van der Waals surface area contributed by atoms with E-state index in [-0.39, 0.29) is 0 Å². The zero-order valence-electron chi connectivity index (χ0n) is 9.83. The first kappa shape index (κ1) is 12.3. The summed E-state index contributed by atoms with van der Waals surface area (Å²) in [6.07, 6.45) is 6.06. The van der Waals surface area contributed by atoms with Gasteiger partial charge in [0.15, 0.2) is 0 Å². The number of likely N-dealkylation sites (N-methyl/N-ethyl adjacent to an activating group) is 1. The summed E-state index contributed by atoms with van der Waals surface area (Å²) in [5.41, 5.74) is 1.24. The molecule has 0 amide bonds. The first-order valence-electron chi connectivity index (χ1n) is 5.73. The third-order valence-corrected chi connectivity index (χ3v) is 2.41. The second kappa shape index (κ2) is 7.49. The van der Waals surface area contributed by atoms with Gasteiger partial charge in [0.25, 0.3) is 0 Å². The van der Waals surface area contributed by atoms with Crippen LogP contribution in [0.2, 0.25) is 0 Å². The van der Waals surface area contributed by atoms with Crippen LogP contribution >= 0.6 is 0 Å². The molecular formula is C12H22N2O. The van der Waals surface area contributed by atoms with E-state index in [9.17, 15) is 0 Å². The van der Waals surface area contributed by atoms with E-state index in [2.05, 4.69) is 24.2 Å². The van der Waals surface area contributed by atoms with Crippen LogP contribution in [0.5, 0.6) is 0 Å². The number of nitrogens with zero attached hydrogens (tertiary/aromatic N) is 1. The van der Waals surface area contributed by atoms with Gasteiger partial charge in [0.2, 0.25) is 0 Å². The van der Waals surface area contributed by atoms with Crippen LogP contribution in [-0.4, -0.2) is 31.6 Å². The second-order valence-electron chi connectivity index (χ2n) is 3.97. The summed E-state index contributed by atoms with van der Waals surface area (Å²) in [6, 6.07) is 2.01. The maximum atomic E-state index is 5.03. The molecule has 0 aliphatic rings. The molecule has 3 heteroatoms. The van der Waals surface area contributed by atoms with Crippen molar-refractivity contribution >= 4 is 0 Å². The van der Waals surface area contributed by atoms with E-state index in [0.717, 1.165) is 26.2 Å². The molecule has 0 saturated carbocycles. The number of furan rings is 1. The summed E-state index contributed by atoms with van der Waals surface area (Å²) < 4.78 is 5.03. The molecule has 15 heavy (non-hydrogen) atoms. The van der Waals surface area contributed by atoms with Crippen molar-refractivity contribution in [2.45, 2.75) is 26.3 Å². The van der Waals surface area contributed by atoms with Crippen molar-refractivity contribution < 1.29 is 4.42 Å². The molecule has 86 valence electrons.